The Kier molecular flexibility index (Phi) is 20.9. The maximum atomic E-state index is 13.3. The first-order chi connectivity index (χ1) is 60.5. The largest absolute Gasteiger partial charge is 0.494 e. The highest BCUT2D eigenvalue weighted by Gasteiger charge is 2.57. The monoisotopic (exact) mass is 1730 g/mol. The number of unbranched alkanes of at least 4 members (excludes halogenated alkanes) is 3. The molecule has 24 aliphatic rings. The van der Waals surface area contributed by atoms with E-state index in [1.807, 2.05) is 0 Å². The number of ether oxygens (including phenoxy) is 5. The molecule has 4 saturated heterocycles. The summed E-state index contributed by atoms with van der Waals surface area (Å²) in [5.41, 5.74) is 22.5. The van der Waals surface area contributed by atoms with Gasteiger partial charge in [0.15, 0.2) is 0 Å². The second-order valence-corrected chi connectivity index (χ2v) is 44.6. The third-order valence-electron chi connectivity index (χ3n) is 32.8. The molecule has 17 heteroatoms. The minimum atomic E-state index is -0.425. The van der Waals surface area contributed by atoms with Gasteiger partial charge in [0.25, 0.3) is 0 Å². The maximum absolute atomic E-state index is 13.3. The van der Waals surface area contributed by atoms with Gasteiger partial charge >= 0.3 is 47.8 Å². The summed E-state index contributed by atoms with van der Waals surface area (Å²) in [5, 5.41) is 12.7. The van der Waals surface area contributed by atoms with Crippen molar-refractivity contribution >= 4 is 115 Å². The lowest BCUT2D eigenvalue weighted by Crippen LogP contribution is -2.41. The highest BCUT2D eigenvalue weighted by atomic mass is 32.1. The van der Waals surface area contributed by atoms with Gasteiger partial charge in [0.2, 0.25) is 0 Å². The van der Waals surface area contributed by atoms with Crippen molar-refractivity contribution in [1.82, 2.24) is 0 Å². The number of benzene rings is 2. The molecule has 16 bridgehead atoms. The van der Waals surface area contributed by atoms with E-state index in [0.29, 0.717) is 116 Å². The highest BCUT2D eigenvalue weighted by molar-refractivity contribution is 7.14. The SMILES string of the molecule is CCCCCCOc1ccc(-c2cc(/C(=C3\C(=O)OC(=O)C3=C3C4CC5CC(C4)CC3C5)C3CC3)cs2)cc1.Cc1ccc(-c2cc(/C(=C3/C(=O)OC(=O)C3=C3C4CC5CC(C4)CC3C5)C3CC3)cs2)cc1.O=C1OC(=O)/C(=C(/c2ccsc2)C2CC2)C1=C1C2CC3CC(C2)CC1C3.O=C1OC(=O)/C(=C(\c2ccsc2)C2CC2)C1=C1C2CC3CC(C2)CC1C3. The van der Waals surface area contributed by atoms with Crippen LogP contribution in [0.1, 0.15) is 240 Å². The Morgan fingerprint density at radius 3 is 0.871 bits per heavy atom. The number of aryl methyl sites for hydroxylation is 1. The standard InChI is InChI=1S/C34H38O4S.C29H28O3S.2C22H22O3S/c1-2-3-4-5-12-37-27-10-8-22(9-11-27)28-18-26(19-39-28)29(23-6-7-23)31-32(34(36)38-33(31)35)30-24-14-20-13-21(16-24)17-25(30)15-20;1-15-2-4-18(5-3-15)23-13-22(14-33-23)24(19-6-7-19)26-27(29(31)32-28(26)30)25-20-9-16-8-17(11-20)12-21(25)10-16;2*23-21-19(17(13-1-2-13)14-3-4-26-10-14)20(22(24)25-21)18-15-6-11-5-12(8-15)9-16(18)7-11/h8-11,18-21,23-25H,2-7,12-17H2,1H3;2-5,13-14,16-17,19-21H,6-12H2,1H3;2*3-4,10-13,15-16H,1-2,5-9H2/b31-29-,32-30?;26-24+,27-25?;19-17+,20-18?;19-17-,20-18?. The summed E-state index contributed by atoms with van der Waals surface area (Å²) in [7, 11) is 0. The summed E-state index contributed by atoms with van der Waals surface area (Å²) in [6.45, 7) is 5.08. The van der Waals surface area contributed by atoms with Crippen molar-refractivity contribution < 1.29 is 62.0 Å². The molecule has 8 heterocycles. The van der Waals surface area contributed by atoms with Crippen LogP contribution in [0.3, 0.4) is 0 Å². The highest BCUT2D eigenvalue weighted by Crippen LogP contribution is 2.65. The molecule has 640 valence electrons. The summed E-state index contributed by atoms with van der Waals surface area (Å²) >= 11 is 6.71. The van der Waals surface area contributed by atoms with Crippen LogP contribution in [-0.4, -0.2) is 54.4 Å². The summed E-state index contributed by atoms with van der Waals surface area (Å²) in [4.78, 5) is 106. The average molecular weight is 1730 g/mol. The molecule has 2 aromatic carbocycles. The van der Waals surface area contributed by atoms with E-state index in [2.05, 4.69) is 119 Å². The van der Waals surface area contributed by atoms with Crippen molar-refractivity contribution in [2.24, 2.45) is 118 Å². The van der Waals surface area contributed by atoms with Crippen molar-refractivity contribution in [2.45, 2.75) is 219 Å². The van der Waals surface area contributed by atoms with Gasteiger partial charge in [-0.05, 0) is 470 Å². The maximum Gasteiger partial charge on any atom is 0.347 e. The zero-order valence-electron chi connectivity index (χ0n) is 71.2. The van der Waals surface area contributed by atoms with Gasteiger partial charge in [0.05, 0.1) is 51.2 Å². The molecule has 0 N–H and O–H groups in total. The summed E-state index contributed by atoms with van der Waals surface area (Å²) in [6, 6.07) is 25.5. The number of rotatable bonds is 16. The molecule has 6 aromatic rings. The molecule has 20 saturated carbocycles. The minimum absolute atomic E-state index is 0.330. The van der Waals surface area contributed by atoms with E-state index in [9.17, 15) is 38.4 Å². The molecule has 0 atom stereocenters. The second-order valence-electron chi connectivity index (χ2n) is 41.2. The van der Waals surface area contributed by atoms with Gasteiger partial charge in [0.1, 0.15) is 5.75 Å². The number of allylic oxidation sites excluding steroid dienone is 8. The Morgan fingerprint density at radius 1 is 0.323 bits per heavy atom. The van der Waals surface area contributed by atoms with Crippen molar-refractivity contribution in [3.05, 3.63) is 200 Å². The van der Waals surface area contributed by atoms with Gasteiger partial charge < -0.3 is 23.7 Å². The van der Waals surface area contributed by atoms with Crippen LogP contribution in [0.4, 0.5) is 0 Å². The number of thiophene rings is 4. The molecule has 0 unspecified atom stereocenters. The van der Waals surface area contributed by atoms with E-state index >= 15 is 0 Å². The summed E-state index contributed by atoms with van der Waals surface area (Å²) < 4.78 is 27.1. The number of carbonyl (C=O) groups excluding carboxylic acids is 8. The topological polar surface area (TPSA) is 183 Å². The molecule has 0 radical (unpaired) electrons. The zero-order valence-corrected chi connectivity index (χ0v) is 74.5. The van der Waals surface area contributed by atoms with Gasteiger partial charge in [-0.2, -0.15) is 22.7 Å². The van der Waals surface area contributed by atoms with E-state index in [4.69, 9.17) is 23.7 Å². The first-order valence-corrected chi connectivity index (χ1v) is 51.2. The molecule has 4 aliphatic heterocycles. The van der Waals surface area contributed by atoms with E-state index in [-0.39, 0.29) is 17.9 Å². The van der Waals surface area contributed by atoms with E-state index in [1.54, 1.807) is 45.3 Å². The zero-order chi connectivity index (χ0) is 83.6. The lowest BCUT2D eigenvalue weighted by Gasteiger charge is -2.51. The molecule has 0 amide bonds. The predicted octanol–water partition coefficient (Wildman–Crippen LogP) is 24.6. The first-order valence-electron chi connectivity index (χ1n) is 47.5. The molecule has 13 nitrogen and oxygen atoms in total. The smallest absolute Gasteiger partial charge is 0.347 e. The molecular weight excluding hydrogens is 1620 g/mol. The molecule has 24 fully saturated rings. The van der Waals surface area contributed by atoms with Crippen LogP contribution in [0, 0.1) is 125 Å². The Bertz CT molecular complexity index is 5430. The molecule has 124 heavy (non-hydrogen) atoms. The van der Waals surface area contributed by atoms with E-state index in [0.717, 1.165) is 168 Å². The summed E-state index contributed by atoms with van der Waals surface area (Å²) in [5.74, 6) is 9.65. The quantitative estimate of drug-likeness (QED) is 0.0294. The number of hydrogen-bond donors (Lipinski definition) is 0. The van der Waals surface area contributed by atoms with Crippen molar-refractivity contribution in [3.8, 4) is 26.6 Å². The molecule has 4 aromatic heterocycles. The fourth-order valence-corrected chi connectivity index (χ4v) is 31.2. The fraction of sp³-hybridized carbons (Fsp3) is 0.514. The van der Waals surface area contributed by atoms with Crippen molar-refractivity contribution in [1.29, 1.82) is 0 Å². The van der Waals surface area contributed by atoms with Crippen LogP contribution < -0.4 is 4.74 Å². The first kappa shape index (κ1) is 80.1. The van der Waals surface area contributed by atoms with Crippen molar-refractivity contribution in [3.63, 3.8) is 0 Å². The predicted molar refractivity (Wildman–Crippen MR) is 482 cm³/mol. The third-order valence-corrected chi connectivity index (χ3v) is 36.2. The number of hydrogen-bond acceptors (Lipinski definition) is 17. The van der Waals surface area contributed by atoms with Gasteiger partial charge in [0, 0.05) is 9.75 Å². The number of cyclic esters (lactones) is 8. The van der Waals surface area contributed by atoms with Crippen LogP contribution in [0.15, 0.2) is 172 Å². The minimum Gasteiger partial charge on any atom is -0.494 e. The molecular formula is C107H110O13S4. The summed E-state index contributed by atoms with van der Waals surface area (Å²) in [6.07, 6.45) is 38.1. The van der Waals surface area contributed by atoms with Crippen LogP contribution in [0.5, 0.6) is 5.75 Å². The number of carbonyl (C=O) groups is 8. The Morgan fingerprint density at radius 2 is 0.605 bits per heavy atom. The van der Waals surface area contributed by atoms with Gasteiger partial charge in [-0.25, -0.2) is 38.4 Å². The van der Waals surface area contributed by atoms with Gasteiger partial charge in [-0.15, -0.1) is 22.7 Å². The third kappa shape index (κ3) is 14.9. The van der Waals surface area contributed by atoms with Crippen LogP contribution in [0.25, 0.3) is 43.2 Å². The van der Waals surface area contributed by atoms with Gasteiger partial charge in [-0.3, -0.25) is 0 Å². The van der Waals surface area contributed by atoms with Crippen LogP contribution >= 0.6 is 45.3 Å². The molecule has 0 spiro atoms. The lowest BCUT2D eigenvalue weighted by molar-refractivity contribution is -0.151. The molecule has 30 rings (SSSR count). The van der Waals surface area contributed by atoms with Crippen LogP contribution in [0.2, 0.25) is 0 Å². The van der Waals surface area contributed by atoms with Gasteiger partial charge in [-0.1, -0.05) is 56.0 Å². The number of esters is 8. The van der Waals surface area contributed by atoms with Crippen LogP contribution in [-0.2, 0) is 57.3 Å². The molecule has 20 aliphatic carbocycles. The Balaban J connectivity index is 0.0000000968. The second kappa shape index (κ2) is 32.4. The van der Waals surface area contributed by atoms with E-state index < -0.39 is 29.8 Å². The van der Waals surface area contributed by atoms with E-state index in [1.165, 1.54) is 191 Å². The lowest BCUT2D eigenvalue weighted by atomic mass is 9.53. The Hall–Kier alpha value is -8.48. The average Bonchev–Trinajstić information content (AvgIpc) is 1.60. The normalized spacial score (nSPS) is 33.3. The van der Waals surface area contributed by atoms with Crippen molar-refractivity contribution in [2.75, 3.05) is 6.61 Å². The fourth-order valence-electron chi connectivity index (χ4n) is 28.1. The Labute approximate surface area is 742 Å².